The maximum Gasteiger partial charge on any atom is 0.416 e. The first-order chi connectivity index (χ1) is 9.45. The minimum Gasteiger partial charge on any atom is -0.324 e. The Balaban J connectivity index is 0.000000956. The lowest BCUT2D eigenvalue weighted by Crippen LogP contribution is -2.05. The van der Waals surface area contributed by atoms with Crippen molar-refractivity contribution in [1.29, 1.82) is 0 Å². The van der Waals surface area contributed by atoms with Crippen LogP contribution >= 0.6 is 0 Å². The third-order valence-corrected chi connectivity index (χ3v) is 2.24. The van der Waals surface area contributed by atoms with E-state index in [9.17, 15) is 13.2 Å². The van der Waals surface area contributed by atoms with Gasteiger partial charge in [0.1, 0.15) is 0 Å². The maximum absolute atomic E-state index is 12.5. The molecule has 1 heterocycles. The molecule has 0 amide bonds. The van der Waals surface area contributed by atoms with Crippen LogP contribution in [-0.4, -0.2) is 9.97 Å². The van der Waals surface area contributed by atoms with Crippen molar-refractivity contribution in [2.24, 2.45) is 0 Å². The highest BCUT2D eigenvalue weighted by atomic mass is 19.4. The molecule has 0 saturated carbocycles. The van der Waals surface area contributed by atoms with Crippen LogP contribution < -0.4 is 5.32 Å². The fourth-order valence-electron chi connectivity index (χ4n) is 1.41. The van der Waals surface area contributed by atoms with Crippen LogP contribution in [0, 0.1) is 6.92 Å². The Morgan fingerprint density at radius 2 is 1.80 bits per heavy atom. The van der Waals surface area contributed by atoms with Crippen molar-refractivity contribution in [3.05, 3.63) is 47.8 Å². The van der Waals surface area contributed by atoms with Crippen LogP contribution in [0.25, 0.3) is 0 Å². The van der Waals surface area contributed by atoms with Gasteiger partial charge in [-0.05, 0) is 31.2 Å². The van der Waals surface area contributed by atoms with Crippen molar-refractivity contribution < 1.29 is 13.2 Å². The molecule has 1 aromatic carbocycles. The number of nitrogens with zero attached hydrogens (tertiary/aromatic N) is 2. The van der Waals surface area contributed by atoms with Gasteiger partial charge in [-0.1, -0.05) is 19.9 Å². The third-order valence-electron chi connectivity index (χ3n) is 2.24. The molecule has 0 unspecified atom stereocenters. The van der Waals surface area contributed by atoms with Gasteiger partial charge >= 0.3 is 6.18 Å². The van der Waals surface area contributed by atoms with Gasteiger partial charge in [-0.2, -0.15) is 13.2 Å². The summed E-state index contributed by atoms with van der Waals surface area (Å²) in [6.07, 6.45) is -2.82. The molecule has 6 heteroatoms. The number of nitrogens with one attached hydrogen (secondary N) is 1. The minimum atomic E-state index is -4.36. The standard InChI is InChI=1S/C12H10F3N3.C2H6/c1-8-5-6-16-11(17-8)18-10-4-2-3-9(7-10)12(13,14)15;1-2/h2-7H,1H3,(H,16,17,18);1-2H3. The lowest BCUT2D eigenvalue weighted by molar-refractivity contribution is -0.137. The molecule has 0 aliphatic heterocycles. The van der Waals surface area contributed by atoms with Crippen molar-refractivity contribution >= 4 is 11.6 Å². The lowest BCUT2D eigenvalue weighted by atomic mass is 10.2. The zero-order chi connectivity index (χ0) is 15.2. The molecule has 0 aliphatic carbocycles. The highest BCUT2D eigenvalue weighted by Crippen LogP contribution is 2.31. The monoisotopic (exact) mass is 283 g/mol. The normalized spacial score (nSPS) is 10.5. The second kappa shape index (κ2) is 6.88. The quantitative estimate of drug-likeness (QED) is 0.877. The fourth-order valence-corrected chi connectivity index (χ4v) is 1.41. The van der Waals surface area contributed by atoms with Gasteiger partial charge in [0.2, 0.25) is 5.95 Å². The van der Waals surface area contributed by atoms with E-state index < -0.39 is 11.7 Å². The summed E-state index contributed by atoms with van der Waals surface area (Å²) in [4.78, 5) is 7.98. The van der Waals surface area contributed by atoms with Gasteiger partial charge in [-0.25, -0.2) is 9.97 Å². The molecule has 1 N–H and O–H groups in total. The number of rotatable bonds is 2. The molecule has 1 aromatic heterocycles. The van der Waals surface area contributed by atoms with Gasteiger partial charge in [-0.3, -0.25) is 0 Å². The van der Waals surface area contributed by atoms with E-state index in [1.165, 1.54) is 18.3 Å². The Bertz CT molecular complexity index is 553. The van der Waals surface area contributed by atoms with Crippen LogP contribution in [0.5, 0.6) is 0 Å². The first-order valence-electron chi connectivity index (χ1n) is 6.19. The van der Waals surface area contributed by atoms with Crippen LogP contribution in [-0.2, 0) is 6.18 Å². The van der Waals surface area contributed by atoms with Gasteiger partial charge in [0.25, 0.3) is 0 Å². The molecule has 3 nitrogen and oxygen atoms in total. The van der Waals surface area contributed by atoms with Crippen molar-refractivity contribution in [3.63, 3.8) is 0 Å². The first kappa shape index (κ1) is 15.9. The van der Waals surface area contributed by atoms with Crippen LogP contribution in [0.4, 0.5) is 24.8 Å². The molecule has 20 heavy (non-hydrogen) atoms. The Morgan fingerprint density at radius 3 is 2.40 bits per heavy atom. The largest absolute Gasteiger partial charge is 0.416 e. The van der Waals surface area contributed by atoms with E-state index in [4.69, 9.17) is 0 Å². The van der Waals surface area contributed by atoms with Crippen molar-refractivity contribution in [3.8, 4) is 0 Å². The van der Waals surface area contributed by atoms with Crippen LogP contribution in [0.15, 0.2) is 36.5 Å². The molecule has 0 radical (unpaired) electrons. The zero-order valence-corrected chi connectivity index (χ0v) is 11.5. The van der Waals surface area contributed by atoms with E-state index in [-0.39, 0.29) is 5.95 Å². The summed E-state index contributed by atoms with van der Waals surface area (Å²) in [6.45, 7) is 5.78. The molecule has 0 spiro atoms. The number of benzene rings is 1. The predicted molar refractivity (Wildman–Crippen MR) is 72.8 cm³/mol. The van der Waals surface area contributed by atoms with E-state index >= 15 is 0 Å². The van der Waals surface area contributed by atoms with Gasteiger partial charge in [0.05, 0.1) is 5.56 Å². The topological polar surface area (TPSA) is 37.8 Å². The Morgan fingerprint density at radius 1 is 1.10 bits per heavy atom. The van der Waals surface area contributed by atoms with Crippen molar-refractivity contribution in [2.75, 3.05) is 5.32 Å². The molecule has 0 saturated heterocycles. The van der Waals surface area contributed by atoms with E-state index in [2.05, 4.69) is 15.3 Å². The summed E-state index contributed by atoms with van der Waals surface area (Å²) >= 11 is 0. The van der Waals surface area contributed by atoms with Crippen LogP contribution in [0.3, 0.4) is 0 Å². The smallest absolute Gasteiger partial charge is 0.324 e. The first-order valence-corrected chi connectivity index (χ1v) is 6.19. The average Bonchev–Trinajstić information content (AvgIpc) is 2.40. The SMILES string of the molecule is CC.Cc1ccnc(Nc2cccc(C(F)(F)F)c2)n1. The molecule has 2 aromatic rings. The maximum atomic E-state index is 12.5. The average molecular weight is 283 g/mol. The highest BCUT2D eigenvalue weighted by Gasteiger charge is 2.30. The number of aromatic nitrogens is 2. The third kappa shape index (κ3) is 4.53. The second-order valence-electron chi connectivity index (χ2n) is 3.73. The molecule has 0 fully saturated rings. The van der Waals surface area contributed by atoms with Crippen molar-refractivity contribution in [2.45, 2.75) is 26.9 Å². The van der Waals surface area contributed by atoms with Crippen LogP contribution in [0.2, 0.25) is 0 Å². The van der Waals surface area contributed by atoms with Crippen molar-refractivity contribution in [1.82, 2.24) is 9.97 Å². The number of hydrogen-bond acceptors (Lipinski definition) is 3. The van der Waals surface area contributed by atoms with Crippen LogP contribution in [0.1, 0.15) is 25.1 Å². The van der Waals surface area contributed by atoms with Gasteiger partial charge < -0.3 is 5.32 Å². The molecule has 2 rings (SSSR count). The number of halogens is 3. The van der Waals surface area contributed by atoms with E-state index in [1.807, 2.05) is 13.8 Å². The fraction of sp³-hybridized carbons (Fsp3) is 0.286. The molecular formula is C14H16F3N3. The van der Waals surface area contributed by atoms with E-state index in [0.29, 0.717) is 5.69 Å². The summed E-state index contributed by atoms with van der Waals surface area (Å²) < 4.78 is 37.5. The van der Waals surface area contributed by atoms with E-state index in [1.54, 1.807) is 13.0 Å². The van der Waals surface area contributed by atoms with Gasteiger partial charge in [-0.15, -0.1) is 0 Å². The highest BCUT2D eigenvalue weighted by molar-refractivity contribution is 5.54. The molecular weight excluding hydrogens is 267 g/mol. The summed E-state index contributed by atoms with van der Waals surface area (Å²) in [7, 11) is 0. The number of hydrogen-bond donors (Lipinski definition) is 1. The molecule has 108 valence electrons. The van der Waals surface area contributed by atoms with E-state index in [0.717, 1.165) is 17.8 Å². The summed E-state index contributed by atoms with van der Waals surface area (Å²) in [5.41, 5.74) is 0.329. The van der Waals surface area contributed by atoms with Gasteiger partial charge in [0.15, 0.2) is 0 Å². The van der Waals surface area contributed by atoms with Gasteiger partial charge in [0, 0.05) is 17.6 Å². The molecule has 0 bridgehead atoms. The number of anilines is 2. The summed E-state index contributed by atoms with van der Waals surface area (Å²) in [5, 5.41) is 2.74. The summed E-state index contributed by atoms with van der Waals surface area (Å²) in [6, 6.07) is 6.60. The predicted octanol–water partition coefficient (Wildman–Crippen LogP) is 4.57. The minimum absolute atomic E-state index is 0.273. The Labute approximate surface area is 115 Å². The number of alkyl halides is 3. The Kier molecular flexibility index (Phi) is 5.49. The Hall–Kier alpha value is -2.11. The molecule has 0 aliphatic rings. The molecule has 0 atom stereocenters. The number of aryl methyl sites for hydroxylation is 1. The zero-order valence-electron chi connectivity index (χ0n) is 11.5. The lowest BCUT2D eigenvalue weighted by Gasteiger charge is -2.09. The second-order valence-corrected chi connectivity index (χ2v) is 3.73. The summed E-state index contributed by atoms with van der Waals surface area (Å²) in [5.74, 6) is 0.273.